The van der Waals surface area contributed by atoms with Crippen LogP contribution in [0.25, 0.3) is 11.3 Å². The summed E-state index contributed by atoms with van der Waals surface area (Å²) < 4.78 is 8.52. The van der Waals surface area contributed by atoms with Gasteiger partial charge in [-0.15, -0.1) is 5.10 Å². The number of ether oxygens (including phenoxy) is 1. The molecule has 1 aromatic carbocycles. The molecule has 0 saturated heterocycles. The lowest BCUT2D eigenvalue weighted by Crippen LogP contribution is -2.06. The molecule has 24 heavy (non-hydrogen) atoms. The number of rotatable bonds is 5. The molecule has 0 aliphatic carbocycles. The molecule has 3 aromatic rings. The number of benzene rings is 1. The minimum Gasteiger partial charge on any atom is -0.496 e. The number of hydrogen-bond donors (Lipinski definition) is 1. The number of carboxylic acid groups (broad SMARTS) is 1. The Hall–Kier alpha value is -3.16. The van der Waals surface area contributed by atoms with E-state index in [-0.39, 0.29) is 11.6 Å². The topological polar surface area (TPSA) is 95.1 Å². The first kappa shape index (κ1) is 15.7. The zero-order valence-corrected chi connectivity index (χ0v) is 13.5. The second-order valence-corrected chi connectivity index (χ2v) is 5.43. The third kappa shape index (κ3) is 2.85. The zero-order chi connectivity index (χ0) is 17.3. The van der Waals surface area contributed by atoms with Crippen LogP contribution in [-0.2, 0) is 7.05 Å². The van der Waals surface area contributed by atoms with Crippen molar-refractivity contribution >= 4 is 5.97 Å². The molecular weight excluding hydrogens is 310 g/mol. The van der Waals surface area contributed by atoms with Gasteiger partial charge >= 0.3 is 5.97 Å². The summed E-state index contributed by atoms with van der Waals surface area (Å²) in [6.45, 7) is 1.99. The quantitative estimate of drug-likeness (QED) is 0.770. The molecule has 0 aliphatic heterocycles. The van der Waals surface area contributed by atoms with Crippen molar-refractivity contribution in [3.05, 3.63) is 47.9 Å². The van der Waals surface area contributed by atoms with Gasteiger partial charge in [-0.05, 0) is 25.1 Å². The molecule has 2 aromatic heterocycles. The van der Waals surface area contributed by atoms with Gasteiger partial charge in [0.2, 0.25) is 0 Å². The van der Waals surface area contributed by atoms with E-state index in [1.807, 2.05) is 20.2 Å². The molecular formula is C16H17N5O3. The normalized spacial score (nSPS) is 12.1. The van der Waals surface area contributed by atoms with Crippen LogP contribution in [0.15, 0.2) is 36.8 Å². The molecule has 0 aliphatic rings. The first-order valence-electron chi connectivity index (χ1n) is 7.31. The van der Waals surface area contributed by atoms with E-state index >= 15 is 0 Å². The second-order valence-electron chi connectivity index (χ2n) is 5.43. The Morgan fingerprint density at radius 1 is 1.33 bits per heavy atom. The van der Waals surface area contributed by atoms with Crippen LogP contribution in [0.4, 0.5) is 0 Å². The Morgan fingerprint density at radius 2 is 2.12 bits per heavy atom. The van der Waals surface area contributed by atoms with Gasteiger partial charge in [-0.2, -0.15) is 5.10 Å². The van der Waals surface area contributed by atoms with Crippen molar-refractivity contribution in [1.82, 2.24) is 24.8 Å². The van der Waals surface area contributed by atoms with Gasteiger partial charge in [0.05, 0.1) is 25.5 Å². The van der Waals surface area contributed by atoms with E-state index in [0.29, 0.717) is 17.0 Å². The second kappa shape index (κ2) is 6.15. The SMILES string of the molecule is COc1ccc(-c2cn([C@H](C)c3cnn(C)c3)nn2)cc1C(=O)O. The van der Waals surface area contributed by atoms with E-state index in [2.05, 4.69) is 15.4 Å². The summed E-state index contributed by atoms with van der Waals surface area (Å²) in [6, 6.07) is 4.87. The van der Waals surface area contributed by atoms with E-state index in [1.54, 1.807) is 33.9 Å². The number of carbonyl (C=O) groups is 1. The Bertz CT molecular complexity index is 883. The molecule has 0 fully saturated rings. The minimum absolute atomic E-state index is 0.0304. The summed E-state index contributed by atoms with van der Waals surface area (Å²) in [5, 5.41) is 21.7. The predicted octanol–water partition coefficient (Wildman–Crippen LogP) is 1.99. The van der Waals surface area contributed by atoms with Crippen LogP contribution in [0.5, 0.6) is 5.75 Å². The highest BCUT2D eigenvalue weighted by atomic mass is 16.5. The van der Waals surface area contributed by atoms with Crippen LogP contribution in [0.3, 0.4) is 0 Å². The van der Waals surface area contributed by atoms with Crippen LogP contribution in [0.2, 0.25) is 0 Å². The summed E-state index contributed by atoms with van der Waals surface area (Å²) in [7, 11) is 3.29. The number of methoxy groups -OCH3 is 1. The number of aromatic carboxylic acids is 1. The van der Waals surface area contributed by atoms with Gasteiger partial charge in [0.25, 0.3) is 0 Å². The summed E-state index contributed by atoms with van der Waals surface area (Å²) in [6.07, 6.45) is 5.48. The average Bonchev–Trinajstić information content (AvgIpc) is 3.22. The van der Waals surface area contributed by atoms with Crippen LogP contribution in [0.1, 0.15) is 28.9 Å². The number of aromatic nitrogens is 5. The molecule has 3 rings (SSSR count). The van der Waals surface area contributed by atoms with Gasteiger partial charge in [0.15, 0.2) is 0 Å². The van der Waals surface area contributed by atoms with E-state index in [1.165, 1.54) is 13.2 Å². The summed E-state index contributed by atoms with van der Waals surface area (Å²) >= 11 is 0. The Labute approximate surface area is 138 Å². The van der Waals surface area contributed by atoms with Crippen molar-refractivity contribution in [2.24, 2.45) is 7.05 Å². The standard InChI is InChI=1S/C16H17N5O3/c1-10(12-7-17-20(2)8-12)21-9-14(18-19-21)11-4-5-15(24-3)13(6-11)16(22)23/h4-10H,1-3H3,(H,22,23)/t10-/m1/s1. The average molecular weight is 327 g/mol. The highest BCUT2D eigenvalue weighted by Gasteiger charge is 2.16. The molecule has 124 valence electrons. The third-order valence-electron chi connectivity index (χ3n) is 3.84. The Morgan fingerprint density at radius 3 is 2.75 bits per heavy atom. The highest BCUT2D eigenvalue weighted by Crippen LogP contribution is 2.26. The molecule has 0 amide bonds. The molecule has 8 nitrogen and oxygen atoms in total. The number of nitrogens with zero attached hydrogens (tertiary/aromatic N) is 5. The monoisotopic (exact) mass is 327 g/mol. The lowest BCUT2D eigenvalue weighted by Gasteiger charge is -2.08. The highest BCUT2D eigenvalue weighted by molar-refractivity contribution is 5.92. The summed E-state index contributed by atoms with van der Waals surface area (Å²) in [5.41, 5.74) is 2.36. The largest absolute Gasteiger partial charge is 0.496 e. The van der Waals surface area contributed by atoms with Crippen molar-refractivity contribution in [1.29, 1.82) is 0 Å². The van der Waals surface area contributed by atoms with Gasteiger partial charge in [-0.25, -0.2) is 9.48 Å². The molecule has 0 spiro atoms. The first-order valence-corrected chi connectivity index (χ1v) is 7.31. The van der Waals surface area contributed by atoms with Crippen LogP contribution in [0, 0.1) is 0 Å². The molecule has 1 atom stereocenters. The van der Waals surface area contributed by atoms with Gasteiger partial charge < -0.3 is 9.84 Å². The molecule has 8 heteroatoms. The molecule has 2 heterocycles. The maximum absolute atomic E-state index is 11.3. The minimum atomic E-state index is -1.05. The fourth-order valence-corrected chi connectivity index (χ4v) is 2.44. The van der Waals surface area contributed by atoms with Crippen molar-refractivity contribution in [2.45, 2.75) is 13.0 Å². The molecule has 0 unspecified atom stereocenters. The van der Waals surface area contributed by atoms with E-state index in [0.717, 1.165) is 5.56 Å². The van der Waals surface area contributed by atoms with Crippen molar-refractivity contribution in [3.63, 3.8) is 0 Å². The fourth-order valence-electron chi connectivity index (χ4n) is 2.44. The maximum atomic E-state index is 11.3. The predicted molar refractivity (Wildman–Crippen MR) is 86.0 cm³/mol. The fraction of sp³-hybridized carbons (Fsp3) is 0.250. The summed E-state index contributed by atoms with van der Waals surface area (Å²) in [4.78, 5) is 11.3. The number of hydrogen-bond acceptors (Lipinski definition) is 5. The molecule has 0 bridgehead atoms. The van der Waals surface area contributed by atoms with Crippen molar-refractivity contribution in [3.8, 4) is 17.0 Å². The van der Waals surface area contributed by atoms with E-state index in [4.69, 9.17) is 4.74 Å². The Balaban J connectivity index is 1.93. The molecule has 1 N–H and O–H groups in total. The van der Waals surface area contributed by atoms with Crippen LogP contribution in [-0.4, -0.2) is 43.0 Å². The van der Waals surface area contributed by atoms with Gasteiger partial charge in [0.1, 0.15) is 17.0 Å². The molecule has 0 radical (unpaired) electrons. The molecule has 0 saturated carbocycles. The maximum Gasteiger partial charge on any atom is 0.339 e. The van der Waals surface area contributed by atoms with Crippen molar-refractivity contribution in [2.75, 3.05) is 7.11 Å². The zero-order valence-electron chi connectivity index (χ0n) is 13.5. The van der Waals surface area contributed by atoms with Crippen LogP contribution >= 0.6 is 0 Å². The number of carboxylic acids is 1. The van der Waals surface area contributed by atoms with Crippen molar-refractivity contribution < 1.29 is 14.6 Å². The lowest BCUT2D eigenvalue weighted by molar-refractivity contribution is 0.0693. The van der Waals surface area contributed by atoms with Gasteiger partial charge in [0, 0.05) is 24.4 Å². The summed E-state index contributed by atoms with van der Waals surface area (Å²) in [5.74, 6) is -0.743. The third-order valence-corrected chi connectivity index (χ3v) is 3.84. The van der Waals surface area contributed by atoms with Gasteiger partial charge in [-0.3, -0.25) is 4.68 Å². The van der Waals surface area contributed by atoms with E-state index < -0.39 is 5.97 Å². The van der Waals surface area contributed by atoms with E-state index in [9.17, 15) is 9.90 Å². The Kier molecular flexibility index (Phi) is 4.03. The first-order chi connectivity index (χ1) is 11.5. The van der Waals surface area contributed by atoms with Crippen LogP contribution < -0.4 is 4.74 Å². The lowest BCUT2D eigenvalue weighted by atomic mass is 10.1. The smallest absolute Gasteiger partial charge is 0.339 e. The number of aryl methyl sites for hydroxylation is 1. The van der Waals surface area contributed by atoms with Gasteiger partial charge in [-0.1, -0.05) is 5.21 Å².